The van der Waals surface area contributed by atoms with Gasteiger partial charge in [0, 0.05) is 38.8 Å². The van der Waals surface area contributed by atoms with Gasteiger partial charge in [0.1, 0.15) is 11.4 Å². The molecule has 0 saturated carbocycles. The number of nitrogens with one attached hydrogen (secondary N) is 1. The van der Waals surface area contributed by atoms with Gasteiger partial charge in [-0.05, 0) is 25.6 Å². The summed E-state index contributed by atoms with van der Waals surface area (Å²) in [7, 11) is 0.564. The van der Waals surface area contributed by atoms with E-state index in [2.05, 4.69) is 5.32 Å². The minimum absolute atomic E-state index is 0.138. The lowest BCUT2D eigenvalue weighted by atomic mass is 9.79. The van der Waals surface area contributed by atoms with Gasteiger partial charge in [-0.1, -0.05) is 6.42 Å². The van der Waals surface area contributed by atoms with Crippen molar-refractivity contribution in [1.82, 2.24) is 5.32 Å². The lowest BCUT2D eigenvalue weighted by Gasteiger charge is -2.39. The van der Waals surface area contributed by atoms with Gasteiger partial charge in [-0.3, -0.25) is 9.59 Å². The lowest BCUT2D eigenvalue weighted by molar-refractivity contribution is 0.343. The molecule has 138 valence electrons. The van der Waals surface area contributed by atoms with Crippen molar-refractivity contribution in [2.24, 2.45) is 11.7 Å². The fraction of sp³-hybridized carbons (Fsp3) is 0.750. The van der Waals surface area contributed by atoms with Crippen LogP contribution in [0, 0.1) is 5.92 Å². The normalized spacial score (nSPS) is 26.9. The second kappa shape index (κ2) is 6.72. The fourth-order valence-corrected chi connectivity index (χ4v) is 3.94. The summed E-state index contributed by atoms with van der Waals surface area (Å²) in [6.45, 7) is 4.72. The number of nitrogens with two attached hydrogens (primary N) is 1. The number of hydrogen-bond donors (Lipinski definition) is 4. The van der Waals surface area contributed by atoms with Crippen molar-refractivity contribution in [2.45, 2.75) is 37.7 Å². The summed E-state index contributed by atoms with van der Waals surface area (Å²) >= 11 is 0. The molecular formula is C16H27BN4O4. The first-order chi connectivity index (χ1) is 11.7. The van der Waals surface area contributed by atoms with E-state index in [0.29, 0.717) is 37.2 Å². The predicted molar refractivity (Wildman–Crippen MR) is 98.9 cm³/mol. The monoisotopic (exact) mass is 350 g/mol. The van der Waals surface area contributed by atoms with Crippen LogP contribution in [-0.2, 0) is 0 Å². The molecule has 2 aliphatic heterocycles. The van der Waals surface area contributed by atoms with Crippen LogP contribution in [0.5, 0.6) is 0 Å². The molecule has 1 aromatic carbocycles. The number of hydrogen-bond acceptors (Lipinski definition) is 8. The van der Waals surface area contributed by atoms with Crippen LogP contribution in [0.3, 0.4) is 0 Å². The molecule has 3 rings (SSSR count). The minimum Gasteiger partial charge on any atom is -0.427 e. The molecule has 8 nitrogen and oxygen atoms in total. The number of likely N-dealkylation sites (N-methyl/N-ethyl adjacent to an activating group) is 1. The highest BCUT2D eigenvalue weighted by molar-refractivity contribution is 6.40. The van der Waals surface area contributed by atoms with Gasteiger partial charge in [-0.15, -0.1) is 0 Å². The van der Waals surface area contributed by atoms with Crippen molar-refractivity contribution in [1.29, 1.82) is 0 Å². The van der Waals surface area contributed by atoms with Gasteiger partial charge < -0.3 is 30.9 Å². The van der Waals surface area contributed by atoms with E-state index in [1.54, 1.807) is 0 Å². The molecule has 9 heteroatoms. The number of anilines is 2. The Morgan fingerprint density at radius 1 is 1.36 bits per heavy atom. The van der Waals surface area contributed by atoms with E-state index in [4.69, 9.17) is 15.8 Å². The molecule has 0 aromatic heterocycles. The molecule has 2 atom stereocenters. The van der Waals surface area contributed by atoms with E-state index >= 15 is 0 Å². The molecule has 0 bridgehead atoms. The lowest BCUT2D eigenvalue weighted by Crippen LogP contribution is -2.59. The van der Waals surface area contributed by atoms with E-state index in [1.165, 1.54) is 0 Å². The largest absolute Gasteiger partial charge is 0.451 e. The zero-order valence-electron chi connectivity index (χ0n) is 14.9. The van der Waals surface area contributed by atoms with Gasteiger partial charge >= 0.3 is 7.12 Å². The van der Waals surface area contributed by atoms with Gasteiger partial charge in [0.15, 0.2) is 0 Å². The maximum absolute atomic E-state index is 12.2. The van der Waals surface area contributed by atoms with Gasteiger partial charge in [0.2, 0.25) is 0 Å². The fourth-order valence-electron chi connectivity index (χ4n) is 3.94. The third kappa shape index (κ3) is 3.33. The SMILES string of the molecule is CN(c1c(N2C[C@H](CCCB(O)O)[C@@](C)(N)C2)c(=O)c1=O)C1CNC1. The van der Waals surface area contributed by atoms with E-state index in [9.17, 15) is 9.59 Å². The van der Waals surface area contributed by atoms with Gasteiger partial charge in [0.25, 0.3) is 10.9 Å². The van der Waals surface area contributed by atoms with Gasteiger partial charge in [-0.25, -0.2) is 0 Å². The first kappa shape index (κ1) is 18.4. The third-order valence-corrected chi connectivity index (χ3v) is 5.76. The van der Waals surface area contributed by atoms with Gasteiger partial charge in [-0.2, -0.15) is 0 Å². The van der Waals surface area contributed by atoms with E-state index in [0.717, 1.165) is 19.5 Å². The summed E-state index contributed by atoms with van der Waals surface area (Å²) in [6.07, 6.45) is 1.74. The molecule has 2 aliphatic rings. The molecule has 2 heterocycles. The molecule has 1 aromatic rings. The Labute approximate surface area is 147 Å². The topological polar surface area (TPSA) is 119 Å². The van der Waals surface area contributed by atoms with Crippen LogP contribution in [0.25, 0.3) is 0 Å². The quantitative estimate of drug-likeness (QED) is 0.333. The van der Waals surface area contributed by atoms with Crippen LogP contribution in [0.4, 0.5) is 11.4 Å². The number of nitrogens with zero attached hydrogens (tertiary/aromatic N) is 2. The smallest absolute Gasteiger partial charge is 0.427 e. The molecular weight excluding hydrogens is 323 g/mol. The molecule has 0 spiro atoms. The summed E-state index contributed by atoms with van der Waals surface area (Å²) in [5.41, 5.74) is 6.14. The Morgan fingerprint density at radius 3 is 2.60 bits per heavy atom. The molecule has 0 unspecified atom stereocenters. The summed E-state index contributed by atoms with van der Waals surface area (Å²) in [5.74, 6) is 0.138. The average Bonchev–Trinajstić information content (AvgIpc) is 2.75. The highest BCUT2D eigenvalue weighted by Crippen LogP contribution is 2.35. The maximum Gasteiger partial charge on any atom is 0.451 e. The van der Waals surface area contributed by atoms with E-state index in [-0.39, 0.29) is 12.0 Å². The zero-order chi connectivity index (χ0) is 18.4. The van der Waals surface area contributed by atoms with Crippen molar-refractivity contribution in [3.05, 3.63) is 20.4 Å². The summed E-state index contributed by atoms with van der Waals surface area (Å²) in [6, 6.07) is 0.246. The van der Waals surface area contributed by atoms with Gasteiger partial charge in [0.05, 0.1) is 6.04 Å². The molecule has 0 aliphatic carbocycles. The Morgan fingerprint density at radius 2 is 2.04 bits per heavy atom. The summed E-state index contributed by atoms with van der Waals surface area (Å²) in [4.78, 5) is 28.2. The average molecular weight is 350 g/mol. The second-order valence-corrected chi connectivity index (χ2v) is 7.77. The van der Waals surface area contributed by atoms with Crippen LogP contribution in [0.15, 0.2) is 9.59 Å². The van der Waals surface area contributed by atoms with E-state index in [1.807, 2.05) is 23.8 Å². The Hall–Kier alpha value is -1.42. The van der Waals surface area contributed by atoms with Crippen molar-refractivity contribution in [2.75, 3.05) is 43.0 Å². The summed E-state index contributed by atoms with van der Waals surface area (Å²) < 4.78 is 0. The van der Waals surface area contributed by atoms with Crippen molar-refractivity contribution in [3.8, 4) is 0 Å². The van der Waals surface area contributed by atoms with Crippen LogP contribution >= 0.6 is 0 Å². The molecule has 2 saturated heterocycles. The standard InChI is InChI=1S/C16H27BN4O4/c1-16(18)9-21(8-10(16)4-3-5-17(24)25)13-12(14(22)15(13)23)20(2)11-6-19-7-11/h10-11,19,24-25H,3-9,18H2,1-2H3/t10-,16-/m0/s1. The Balaban J connectivity index is 1.74. The highest BCUT2D eigenvalue weighted by Gasteiger charge is 2.43. The predicted octanol–water partition coefficient (Wildman–Crippen LogP) is -1.90. The van der Waals surface area contributed by atoms with Crippen LogP contribution in [0.1, 0.15) is 19.8 Å². The van der Waals surface area contributed by atoms with Crippen LogP contribution in [-0.4, -0.2) is 62.0 Å². The maximum atomic E-state index is 12.2. The van der Waals surface area contributed by atoms with Crippen molar-refractivity contribution in [3.63, 3.8) is 0 Å². The number of rotatable bonds is 7. The Bertz CT molecular complexity index is 697. The molecule has 0 amide bonds. The third-order valence-electron chi connectivity index (χ3n) is 5.76. The van der Waals surface area contributed by atoms with Crippen molar-refractivity contribution < 1.29 is 10.0 Å². The van der Waals surface area contributed by atoms with Crippen LogP contribution < -0.4 is 31.7 Å². The second-order valence-electron chi connectivity index (χ2n) is 7.77. The molecule has 25 heavy (non-hydrogen) atoms. The van der Waals surface area contributed by atoms with Crippen LogP contribution in [0.2, 0.25) is 6.32 Å². The highest BCUT2D eigenvalue weighted by atomic mass is 16.4. The Kier molecular flexibility index (Phi) is 4.94. The van der Waals surface area contributed by atoms with E-state index < -0.39 is 23.5 Å². The molecule has 2 fully saturated rings. The molecule has 0 radical (unpaired) electrons. The molecule has 5 N–H and O–H groups in total. The zero-order valence-corrected chi connectivity index (χ0v) is 14.9. The first-order valence-electron chi connectivity index (χ1n) is 8.89. The summed E-state index contributed by atoms with van der Waals surface area (Å²) in [5, 5.41) is 21.2. The van der Waals surface area contributed by atoms with Crippen molar-refractivity contribution >= 4 is 18.5 Å². The first-order valence-corrected chi connectivity index (χ1v) is 8.89. The minimum atomic E-state index is -1.30.